The second kappa shape index (κ2) is 7.37. The van der Waals surface area contributed by atoms with Gasteiger partial charge >= 0.3 is 0 Å². The van der Waals surface area contributed by atoms with Crippen LogP contribution in [0.4, 0.5) is 0 Å². The van der Waals surface area contributed by atoms with Gasteiger partial charge in [-0.25, -0.2) is 4.98 Å². The minimum atomic E-state index is -0.180. The van der Waals surface area contributed by atoms with E-state index < -0.39 is 0 Å². The van der Waals surface area contributed by atoms with Gasteiger partial charge in [0.1, 0.15) is 16.9 Å². The zero-order valence-corrected chi connectivity index (χ0v) is 16.2. The Bertz CT molecular complexity index is 1270. The Morgan fingerprint density at radius 2 is 1.89 bits per heavy atom. The van der Waals surface area contributed by atoms with Crippen LogP contribution in [0.2, 0.25) is 0 Å². The number of carbonyl (C=O) groups excluding carboxylic acids is 1. The van der Waals surface area contributed by atoms with Crippen molar-refractivity contribution in [2.24, 2.45) is 0 Å². The summed E-state index contributed by atoms with van der Waals surface area (Å²) < 4.78 is 5.53. The van der Waals surface area contributed by atoms with Crippen molar-refractivity contribution in [3.8, 4) is 10.6 Å². The number of rotatable bonds is 4. The minimum absolute atomic E-state index is 0.153. The molecule has 0 bridgehead atoms. The molecule has 4 aromatic rings. The first-order valence-corrected chi connectivity index (χ1v) is 9.62. The van der Waals surface area contributed by atoms with Gasteiger partial charge in [-0.05, 0) is 38.1 Å². The average molecular weight is 387 g/mol. The maximum Gasteiger partial charge on any atom is 0.199 e. The molecule has 0 aliphatic heterocycles. The number of hydrogen-bond donors (Lipinski definition) is 0. The van der Waals surface area contributed by atoms with Crippen LogP contribution in [0.1, 0.15) is 26.5 Å². The number of carbonyl (C=O) groups is 1. The SMILES string of the molecule is Cc1ccc2occ(/C=C/C(=O)c3sc(-c4ccccc4)nc3C)c(=O)c2c1. The lowest BCUT2D eigenvalue weighted by Gasteiger charge is -1.99. The normalized spacial score (nSPS) is 11.4. The van der Waals surface area contributed by atoms with Gasteiger partial charge in [-0.3, -0.25) is 9.59 Å². The van der Waals surface area contributed by atoms with E-state index in [0.717, 1.165) is 16.1 Å². The second-order valence-corrected chi connectivity index (χ2v) is 7.52. The van der Waals surface area contributed by atoms with Crippen molar-refractivity contribution < 1.29 is 9.21 Å². The van der Waals surface area contributed by atoms with Crippen LogP contribution in [0.15, 0.2) is 70.1 Å². The number of aryl methyl sites for hydroxylation is 2. The first-order valence-electron chi connectivity index (χ1n) is 8.80. The molecule has 2 aromatic heterocycles. The van der Waals surface area contributed by atoms with Gasteiger partial charge in [-0.1, -0.05) is 42.0 Å². The molecule has 0 fully saturated rings. The summed E-state index contributed by atoms with van der Waals surface area (Å²) in [6.07, 6.45) is 4.30. The van der Waals surface area contributed by atoms with Crippen LogP contribution >= 0.6 is 11.3 Å². The molecular weight excluding hydrogens is 370 g/mol. The van der Waals surface area contributed by atoms with Crippen molar-refractivity contribution in [2.45, 2.75) is 13.8 Å². The van der Waals surface area contributed by atoms with Crippen LogP contribution in [-0.2, 0) is 0 Å². The van der Waals surface area contributed by atoms with Crippen LogP contribution in [0.5, 0.6) is 0 Å². The first-order chi connectivity index (χ1) is 13.5. The fourth-order valence-electron chi connectivity index (χ4n) is 2.95. The van der Waals surface area contributed by atoms with Crippen LogP contribution in [0.3, 0.4) is 0 Å². The van der Waals surface area contributed by atoms with E-state index in [4.69, 9.17) is 4.42 Å². The number of aromatic nitrogens is 1. The molecule has 138 valence electrons. The Labute approximate surface area is 165 Å². The third-order valence-electron chi connectivity index (χ3n) is 4.41. The summed E-state index contributed by atoms with van der Waals surface area (Å²) in [6.45, 7) is 3.74. The minimum Gasteiger partial charge on any atom is -0.463 e. The molecule has 0 unspecified atom stereocenters. The molecule has 0 aliphatic rings. The highest BCUT2D eigenvalue weighted by Gasteiger charge is 2.14. The number of ketones is 1. The van der Waals surface area contributed by atoms with Crippen LogP contribution in [-0.4, -0.2) is 10.8 Å². The Hall–Kier alpha value is -3.31. The summed E-state index contributed by atoms with van der Waals surface area (Å²) >= 11 is 1.35. The van der Waals surface area contributed by atoms with Crippen LogP contribution in [0.25, 0.3) is 27.6 Å². The molecule has 4 nitrogen and oxygen atoms in total. The molecule has 0 spiro atoms. The van der Waals surface area contributed by atoms with E-state index in [1.807, 2.05) is 50.2 Å². The van der Waals surface area contributed by atoms with E-state index in [1.54, 1.807) is 12.1 Å². The maximum absolute atomic E-state index is 12.7. The molecule has 0 saturated carbocycles. The molecule has 2 aromatic carbocycles. The molecule has 0 radical (unpaired) electrons. The third-order valence-corrected chi connectivity index (χ3v) is 5.63. The fraction of sp³-hybridized carbons (Fsp3) is 0.0870. The van der Waals surface area contributed by atoms with E-state index in [2.05, 4.69) is 4.98 Å². The van der Waals surface area contributed by atoms with Gasteiger partial charge in [0.05, 0.1) is 21.5 Å². The second-order valence-electron chi connectivity index (χ2n) is 6.52. The lowest BCUT2D eigenvalue weighted by Crippen LogP contribution is -2.05. The van der Waals surface area contributed by atoms with Crippen molar-refractivity contribution in [1.82, 2.24) is 4.98 Å². The fourth-order valence-corrected chi connectivity index (χ4v) is 3.94. The number of thiazole rings is 1. The quantitative estimate of drug-likeness (QED) is 0.346. The van der Waals surface area contributed by atoms with Crippen molar-refractivity contribution >= 4 is 34.2 Å². The van der Waals surface area contributed by atoms with Crippen molar-refractivity contribution in [2.75, 3.05) is 0 Å². The average Bonchev–Trinajstić information content (AvgIpc) is 3.10. The Morgan fingerprint density at radius 1 is 1.11 bits per heavy atom. The number of hydrogen-bond acceptors (Lipinski definition) is 5. The number of benzene rings is 2. The summed E-state index contributed by atoms with van der Waals surface area (Å²) in [5.41, 5.74) is 3.36. The molecule has 5 heteroatoms. The number of nitrogens with zero attached hydrogens (tertiary/aromatic N) is 1. The Balaban J connectivity index is 1.65. The van der Waals surface area contributed by atoms with E-state index in [-0.39, 0.29) is 11.2 Å². The zero-order chi connectivity index (χ0) is 19.7. The molecule has 0 saturated heterocycles. The molecule has 0 atom stereocenters. The maximum atomic E-state index is 12.7. The van der Waals surface area contributed by atoms with Gasteiger partial charge in [0.15, 0.2) is 11.2 Å². The van der Waals surface area contributed by atoms with Crippen molar-refractivity contribution in [3.63, 3.8) is 0 Å². The number of allylic oxidation sites excluding steroid dienone is 1. The topological polar surface area (TPSA) is 60.2 Å². The predicted molar refractivity (Wildman–Crippen MR) is 113 cm³/mol. The lowest BCUT2D eigenvalue weighted by atomic mass is 10.1. The van der Waals surface area contributed by atoms with Crippen molar-refractivity contribution in [3.05, 3.63) is 92.8 Å². The highest BCUT2D eigenvalue weighted by atomic mass is 32.1. The highest BCUT2D eigenvalue weighted by Crippen LogP contribution is 2.28. The van der Waals surface area contributed by atoms with Gasteiger partial charge in [0.2, 0.25) is 0 Å². The Morgan fingerprint density at radius 3 is 2.68 bits per heavy atom. The summed E-state index contributed by atoms with van der Waals surface area (Å²) in [6, 6.07) is 15.2. The first kappa shape index (κ1) is 18.1. The highest BCUT2D eigenvalue weighted by molar-refractivity contribution is 7.17. The summed E-state index contributed by atoms with van der Waals surface area (Å²) in [5, 5.41) is 1.31. The number of fused-ring (bicyclic) bond motifs is 1. The summed E-state index contributed by atoms with van der Waals surface area (Å²) in [5.74, 6) is -0.180. The van der Waals surface area contributed by atoms with E-state index in [9.17, 15) is 9.59 Å². The molecular formula is C23H17NO3S. The van der Waals surface area contributed by atoms with Crippen molar-refractivity contribution in [1.29, 1.82) is 0 Å². The zero-order valence-electron chi connectivity index (χ0n) is 15.4. The van der Waals surface area contributed by atoms with E-state index in [0.29, 0.717) is 27.1 Å². The smallest absolute Gasteiger partial charge is 0.199 e. The lowest BCUT2D eigenvalue weighted by molar-refractivity contribution is 0.105. The Kier molecular flexibility index (Phi) is 4.75. The van der Waals surface area contributed by atoms with Gasteiger partial charge in [0, 0.05) is 5.56 Å². The van der Waals surface area contributed by atoms with Gasteiger partial charge in [-0.15, -0.1) is 11.3 Å². The molecule has 0 amide bonds. The van der Waals surface area contributed by atoms with E-state index in [1.165, 1.54) is 29.8 Å². The summed E-state index contributed by atoms with van der Waals surface area (Å²) in [7, 11) is 0. The van der Waals surface area contributed by atoms with Gasteiger partial charge in [-0.2, -0.15) is 0 Å². The van der Waals surface area contributed by atoms with Gasteiger partial charge in [0.25, 0.3) is 0 Å². The largest absolute Gasteiger partial charge is 0.463 e. The standard InChI is InChI=1S/C23H17NO3S/c1-14-8-11-20-18(12-14)21(26)17(13-27-20)9-10-19(25)22-15(2)24-23(28-22)16-6-4-3-5-7-16/h3-13H,1-2H3/b10-9+. The molecule has 2 heterocycles. The van der Waals surface area contributed by atoms with Crippen LogP contribution < -0.4 is 5.43 Å². The monoisotopic (exact) mass is 387 g/mol. The molecule has 0 N–H and O–H groups in total. The third kappa shape index (κ3) is 3.44. The molecule has 0 aliphatic carbocycles. The predicted octanol–water partition coefficient (Wildman–Crippen LogP) is 5.43. The van der Waals surface area contributed by atoms with Gasteiger partial charge < -0.3 is 4.42 Å². The van der Waals surface area contributed by atoms with Crippen LogP contribution in [0, 0.1) is 13.8 Å². The summed E-state index contributed by atoms with van der Waals surface area (Å²) in [4.78, 5) is 30.4. The van der Waals surface area contributed by atoms with E-state index >= 15 is 0 Å². The molecule has 4 rings (SSSR count). The molecule has 28 heavy (non-hydrogen) atoms.